The van der Waals surface area contributed by atoms with E-state index >= 15 is 0 Å². The van der Waals surface area contributed by atoms with Crippen molar-refractivity contribution in [3.05, 3.63) is 51.7 Å². The molecule has 0 unspecified atom stereocenters. The number of urea groups is 1. The van der Waals surface area contributed by atoms with Crippen molar-refractivity contribution in [1.82, 2.24) is 10.2 Å². The number of hydrogen-bond acceptors (Lipinski definition) is 3. The Labute approximate surface area is 139 Å². The van der Waals surface area contributed by atoms with Crippen molar-refractivity contribution < 1.29 is 9.59 Å². The van der Waals surface area contributed by atoms with Crippen molar-refractivity contribution in [2.75, 3.05) is 18.4 Å². The molecule has 2 heterocycles. The molecule has 3 amide bonds. The lowest BCUT2D eigenvalue weighted by Gasteiger charge is -2.27. The quantitative estimate of drug-likeness (QED) is 0.909. The predicted octanol–water partition coefficient (Wildman–Crippen LogP) is 2.76. The molecule has 0 bridgehead atoms. The number of carbonyl (C=O) groups is 2. The van der Waals surface area contributed by atoms with Gasteiger partial charge in [-0.25, -0.2) is 4.79 Å². The van der Waals surface area contributed by atoms with Gasteiger partial charge in [0.05, 0.1) is 6.54 Å². The lowest BCUT2D eigenvalue weighted by molar-refractivity contribution is -0.130. The molecule has 1 aromatic carbocycles. The van der Waals surface area contributed by atoms with Crippen LogP contribution < -0.4 is 10.6 Å². The van der Waals surface area contributed by atoms with Gasteiger partial charge in [0.25, 0.3) is 0 Å². The van der Waals surface area contributed by atoms with Crippen LogP contribution in [0.25, 0.3) is 0 Å². The third-order valence-corrected chi connectivity index (χ3v) is 4.89. The minimum absolute atomic E-state index is 0.0111. The Bertz CT molecular complexity index is 709. The number of nitrogens with one attached hydrogen (secondary N) is 2. The summed E-state index contributed by atoms with van der Waals surface area (Å²) in [5.41, 5.74) is 3.06. The molecule has 1 aliphatic rings. The number of nitrogens with zero attached hydrogens (tertiary/aromatic N) is 1. The zero-order valence-corrected chi connectivity index (χ0v) is 13.8. The van der Waals surface area contributed by atoms with E-state index in [-0.39, 0.29) is 18.5 Å². The van der Waals surface area contributed by atoms with E-state index in [1.807, 2.05) is 31.2 Å². The highest BCUT2D eigenvalue weighted by Gasteiger charge is 2.21. The number of benzene rings is 1. The highest BCUT2D eigenvalue weighted by Crippen LogP contribution is 2.23. The van der Waals surface area contributed by atoms with E-state index in [9.17, 15) is 9.59 Å². The third kappa shape index (κ3) is 3.90. The molecule has 23 heavy (non-hydrogen) atoms. The van der Waals surface area contributed by atoms with Crippen LogP contribution in [0.4, 0.5) is 10.5 Å². The Kier molecular flexibility index (Phi) is 4.62. The smallest absolute Gasteiger partial charge is 0.319 e. The van der Waals surface area contributed by atoms with E-state index in [2.05, 4.69) is 22.1 Å². The fourth-order valence-electron chi connectivity index (χ4n) is 2.54. The van der Waals surface area contributed by atoms with Crippen LogP contribution in [-0.4, -0.2) is 29.9 Å². The van der Waals surface area contributed by atoms with Gasteiger partial charge in [0.15, 0.2) is 0 Å². The van der Waals surface area contributed by atoms with Gasteiger partial charge in [-0.15, -0.1) is 11.3 Å². The van der Waals surface area contributed by atoms with Crippen LogP contribution in [-0.2, 0) is 17.8 Å². The van der Waals surface area contributed by atoms with Crippen molar-refractivity contribution in [2.45, 2.75) is 19.9 Å². The molecule has 0 fully saturated rings. The van der Waals surface area contributed by atoms with Crippen LogP contribution in [0.3, 0.4) is 0 Å². The zero-order chi connectivity index (χ0) is 16.2. The first-order chi connectivity index (χ1) is 11.1. The Morgan fingerprint density at radius 1 is 1.22 bits per heavy atom. The molecule has 1 aromatic heterocycles. The summed E-state index contributed by atoms with van der Waals surface area (Å²) in [4.78, 5) is 27.2. The Morgan fingerprint density at radius 3 is 2.78 bits per heavy atom. The molecule has 1 aliphatic heterocycles. The van der Waals surface area contributed by atoms with Crippen molar-refractivity contribution in [3.8, 4) is 0 Å². The summed E-state index contributed by atoms with van der Waals surface area (Å²) in [6.07, 6.45) is 0.897. The zero-order valence-electron chi connectivity index (χ0n) is 13.0. The summed E-state index contributed by atoms with van der Waals surface area (Å²) in [5.74, 6) is -0.0547. The van der Waals surface area contributed by atoms with Crippen molar-refractivity contribution >= 4 is 29.0 Å². The van der Waals surface area contributed by atoms with Gasteiger partial charge in [-0.2, -0.15) is 0 Å². The maximum Gasteiger partial charge on any atom is 0.319 e. The summed E-state index contributed by atoms with van der Waals surface area (Å²) in [7, 11) is 0. The molecular formula is C17H19N3O2S. The highest BCUT2D eigenvalue weighted by molar-refractivity contribution is 7.10. The second-order valence-electron chi connectivity index (χ2n) is 5.61. The number of hydrogen-bond donors (Lipinski definition) is 2. The molecule has 0 radical (unpaired) electrons. The topological polar surface area (TPSA) is 61.4 Å². The Hall–Kier alpha value is -2.34. The molecule has 120 valence electrons. The van der Waals surface area contributed by atoms with Gasteiger partial charge in [-0.3, -0.25) is 4.79 Å². The van der Waals surface area contributed by atoms with Crippen molar-refractivity contribution in [2.24, 2.45) is 0 Å². The minimum Gasteiger partial charge on any atom is -0.336 e. The van der Waals surface area contributed by atoms with Gasteiger partial charge >= 0.3 is 6.03 Å². The van der Waals surface area contributed by atoms with Crippen LogP contribution in [0.1, 0.15) is 16.0 Å². The van der Waals surface area contributed by atoms with E-state index in [1.54, 1.807) is 16.2 Å². The maximum atomic E-state index is 12.2. The van der Waals surface area contributed by atoms with Crippen LogP contribution in [0.2, 0.25) is 0 Å². The van der Waals surface area contributed by atoms with Crippen LogP contribution >= 0.6 is 11.3 Å². The lowest BCUT2D eigenvalue weighted by atomic mass is 10.1. The summed E-state index contributed by atoms with van der Waals surface area (Å²) >= 11 is 1.74. The van der Waals surface area contributed by atoms with Gasteiger partial charge in [0, 0.05) is 23.7 Å². The number of thiophene rings is 1. The standard InChI is InChI=1S/C17H19N3O2S/c1-12-2-4-14(5-3-12)19-17(22)18-10-16(21)20-8-6-15-13(11-20)7-9-23-15/h2-5,7,9H,6,8,10-11H2,1H3,(H2,18,19,22). The predicted molar refractivity (Wildman–Crippen MR) is 91.6 cm³/mol. The summed E-state index contributed by atoms with van der Waals surface area (Å²) in [5, 5.41) is 7.40. The van der Waals surface area contributed by atoms with Crippen LogP contribution in [0.5, 0.6) is 0 Å². The Morgan fingerprint density at radius 2 is 2.00 bits per heavy atom. The molecule has 0 aliphatic carbocycles. The van der Waals surface area contributed by atoms with Gasteiger partial charge in [0.1, 0.15) is 0 Å². The van der Waals surface area contributed by atoms with E-state index in [0.29, 0.717) is 18.8 Å². The molecule has 5 nitrogen and oxygen atoms in total. The molecule has 3 rings (SSSR count). The Balaban J connectivity index is 1.47. The second kappa shape index (κ2) is 6.83. The number of aryl methyl sites for hydroxylation is 1. The van der Waals surface area contributed by atoms with Gasteiger partial charge in [-0.05, 0) is 42.5 Å². The molecule has 2 N–H and O–H groups in total. The first-order valence-electron chi connectivity index (χ1n) is 7.56. The summed E-state index contributed by atoms with van der Waals surface area (Å²) < 4.78 is 0. The number of fused-ring (bicyclic) bond motifs is 1. The fourth-order valence-corrected chi connectivity index (χ4v) is 3.43. The molecule has 2 aromatic rings. The molecular weight excluding hydrogens is 310 g/mol. The molecule has 0 spiro atoms. The minimum atomic E-state index is -0.365. The fraction of sp³-hybridized carbons (Fsp3) is 0.294. The SMILES string of the molecule is Cc1ccc(NC(=O)NCC(=O)N2CCc3sccc3C2)cc1. The molecule has 0 atom stereocenters. The number of rotatable bonds is 3. The second-order valence-corrected chi connectivity index (χ2v) is 6.61. The van der Waals surface area contributed by atoms with Gasteiger partial charge < -0.3 is 15.5 Å². The van der Waals surface area contributed by atoms with Gasteiger partial charge in [0.2, 0.25) is 5.91 Å². The first kappa shape index (κ1) is 15.6. The van der Waals surface area contributed by atoms with E-state index in [4.69, 9.17) is 0 Å². The van der Waals surface area contributed by atoms with Crippen LogP contribution in [0, 0.1) is 6.92 Å². The molecule has 0 saturated carbocycles. The normalized spacial score (nSPS) is 13.3. The van der Waals surface area contributed by atoms with E-state index < -0.39 is 0 Å². The summed E-state index contributed by atoms with van der Waals surface area (Å²) in [6, 6.07) is 9.21. The van der Waals surface area contributed by atoms with E-state index in [0.717, 1.165) is 12.0 Å². The molecule has 0 saturated heterocycles. The summed E-state index contributed by atoms with van der Waals surface area (Å²) in [6.45, 7) is 3.35. The third-order valence-electron chi connectivity index (χ3n) is 3.87. The monoisotopic (exact) mass is 329 g/mol. The number of anilines is 1. The van der Waals surface area contributed by atoms with E-state index in [1.165, 1.54) is 10.4 Å². The number of carbonyl (C=O) groups excluding carboxylic acids is 2. The van der Waals surface area contributed by atoms with Crippen molar-refractivity contribution in [1.29, 1.82) is 0 Å². The molecule has 6 heteroatoms. The first-order valence-corrected chi connectivity index (χ1v) is 8.44. The van der Waals surface area contributed by atoms with Crippen LogP contribution in [0.15, 0.2) is 35.7 Å². The number of amides is 3. The average Bonchev–Trinajstić information content (AvgIpc) is 3.02. The highest BCUT2D eigenvalue weighted by atomic mass is 32.1. The van der Waals surface area contributed by atoms with Crippen molar-refractivity contribution in [3.63, 3.8) is 0 Å². The lowest BCUT2D eigenvalue weighted by Crippen LogP contribution is -2.43. The average molecular weight is 329 g/mol. The maximum absolute atomic E-state index is 12.2. The largest absolute Gasteiger partial charge is 0.336 e. The van der Waals surface area contributed by atoms with Gasteiger partial charge in [-0.1, -0.05) is 17.7 Å².